The third kappa shape index (κ3) is 6.29. The molecule has 0 saturated heterocycles. The molecule has 0 radical (unpaired) electrons. The molecule has 0 heterocycles. The van der Waals surface area contributed by atoms with Crippen molar-refractivity contribution in [3.05, 3.63) is 35.4 Å². The lowest BCUT2D eigenvalue weighted by Crippen LogP contribution is -2.37. The Kier molecular flexibility index (Phi) is 7.22. The van der Waals surface area contributed by atoms with Gasteiger partial charge in [0.15, 0.2) is 34.5 Å². The van der Waals surface area contributed by atoms with Crippen LogP contribution in [0.5, 0.6) is 34.5 Å². The lowest BCUT2D eigenvalue weighted by molar-refractivity contribution is 0.00102. The average molecular weight is 473 g/mol. The summed E-state index contributed by atoms with van der Waals surface area (Å²) in [6, 6.07) is 3.17. The van der Waals surface area contributed by atoms with E-state index in [0.717, 1.165) is 30.5 Å². The van der Waals surface area contributed by atoms with Gasteiger partial charge >= 0.3 is 11.9 Å². The largest absolute Gasteiger partial charge is 0.504 e. The van der Waals surface area contributed by atoms with Gasteiger partial charge in [-0.3, -0.25) is 0 Å². The highest BCUT2D eigenvalue weighted by atomic mass is 32.2. The van der Waals surface area contributed by atoms with Crippen molar-refractivity contribution in [1.29, 1.82) is 0 Å². The van der Waals surface area contributed by atoms with Crippen molar-refractivity contribution in [2.24, 2.45) is 0 Å². The number of carbonyl (C=O) groups excluding carboxylic acids is 2. The molecule has 0 amide bonds. The molecule has 0 aliphatic heterocycles. The van der Waals surface area contributed by atoms with Gasteiger partial charge in [-0.1, -0.05) is 0 Å². The van der Waals surface area contributed by atoms with E-state index >= 15 is 0 Å². The second kappa shape index (κ2) is 9.49. The van der Waals surface area contributed by atoms with E-state index in [9.17, 15) is 48.6 Å². The van der Waals surface area contributed by atoms with Gasteiger partial charge in [-0.15, -0.1) is 0 Å². The van der Waals surface area contributed by atoms with E-state index < -0.39 is 81.3 Å². The van der Waals surface area contributed by atoms with Gasteiger partial charge in [0.1, 0.15) is 12.7 Å². The predicted molar refractivity (Wildman–Crippen MR) is 105 cm³/mol. The Balaban J connectivity index is 2.16. The average Bonchev–Trinajstić information content (AvgIpc) is 2.70. The number of hydrogen-bond acceptors (Lipinski definition) is 12. The zero-order valence-corrected chi connectivity index (χ0v) is 17.2. The Morgan fingerprint density at radius 1 is 0.844 bits per heavy atom. The zero-order valence-electron chi connectivity index (χ0n) is 16.3. The van der Waals surface area contributed by atoms with Gasteiger partial charge in [-0.2, -0.15) is 0 Å². The van der Waals surface area contributed by atoms with E-state index in [1.165, 1.54) is 0 Å². The van der Waals surface area contributed by atoms with Gasteiger partial charge in [0.05, 0.1) is 23.9 Å². The highest BCUT2D eigenvalue weighted by Gasteiger charge is 2.23. The zero-order chi connectivity index (χ0) is 24.2. The molecule has 0 aliphatic carbocycles. The fourth-order valence-electron chi connectivity index (χ4n) is 2.29. The Labute approximate surface area is 180 Å². The number of phenolic OH excluding ortho intramolecular Hbond substituents is 6. The molecule has 1 atom stereocenters. The summed E-state index contributed by atoms with van der Waals surface area (Å²) in [6.45, 7) is -1.22. The molecule has 0 aromatic heterocycles. The van der Waals surface area contributed by atoms with Gasteiger partial charge in [-0.05, 0) is 24.3 Å². The summed E-state index contributed by atoms with van der Waals surface area (Å²) in [5.74, 6) is -7.24. The molecule has 2 aromatic carbocycles. The first-order valence-electron chi connectivity index (χ1n) is 8.61. The number of ether oxygens (including phenoxy) is 2. The number of nitrogens with one attached hydrogen (secondary N) is 1. The Bertz CT molecular complexity index is 1100. The summed E-state index contributed by atoms with van der Waals surface area (Å²) in [5, 5.41) is 56.6. The van der Waals surface area contributed by atoms with Crippen molar-refractivity contribution in [3.8, 4) is 34.5 Å². The minimum absolute atomic E-state index is 0.368. The van der Waals surface area contributed by atoms with Crippen LogP contribution in [0.15, 0.2) is 24.3 Å². The molecule has 0 bridgehead atoms. The van der Waals surface area contributed by atoms with Gasteiger partial charge in [0.2, 0.25) is 10.0 Å². The lowest BCUT2D eigenvalue weighted by Gasteiger charge is -2.18. The summed E-state index contributed by atoms with van der Waals surface area (Å²) in [6.07, 6.45) is -0.561. The molecule has 1 unspecified atom stereocenters. The van der Waals surface area contributed by atoms with Crippen molar-refractivity contribution >= 4 is 22.0 Å². The maximum absolute atomic E-state index is 12.3. The molecule has 2 aromatic rings. The molecule has 0 spiro atoms. The molecule has 32 heavy (non-hydrogen) atoms. The van der Waals surface area contributed by atoms with E-state index in [0.29, 0.717) is 0 Å². The summed E-state index contributed by atoms with van der Waals surface area (Å²) in [7, 11) is -3.73. The topological polar surface area (TPSA) is 220 Å². The number of rotatable bonds is 8. The van der Waals surface area contributed by atoms with Crippen LogP contribution < -0.4 is 4.72 Å². The summed E-state index contributed by atoms with van der Waals surface area (Å²) in [5.41, 5.74) is -0.769. The molecule has 0 fully saturated rings. The van der Waals surface area contributed by atoms with Crippen molar-refractivity contribution in [2.75, 3.05) is 19.4 Å². The summed E-state index contributed by atoms with van der Waals surface area (Å²) >= 11 is 0. The minimum atomic E-state index is -3.73. The fraction of sp³-hybridized carbons (Fsp3) is 0.222. The molecule has 2 rings (SSSR count). The molecule has 7 N–H and O–H groups in total. The van der Waals surface area contributed by atoms with Gasteiger partial charge in [0.25, 0.3) is 0 Å². The Morgan fingerprint density at radius 3 is 1.66 bits per heavy atom. The van der Waals surface area contributed by atoms with Crippen molar-refractivity contribution in [3.63, 3.8) is 0 Å². The summed E-state index contributed by atoms with van der Waals surface area (Å²) in [4.78, 5) is 24.4. The lowest BCUT2D eigenvalue weighted by atomic mass is 10.2. The van der Waals surface area contributed by atoms with E-state index in [1.54, 1.807) is 0 Å². The Morgan fingerprint density at radius 2 is 1.25 bits per heavy atom. The maximum Gasteiger partial charge on any atom is 0.338 e. The third-order valence-corrected chi connectivity index (χ3v) is 4.55. The van der Waals surface area contributed by atoms with Gasteiger partial charge in [-0.25, -0.2) is 22.7 Å². The third-order valence-electron chi connectivity index (χ3n) is 3.86. The molecule has 0 aliphatic rings. The maximum atomic E-state index is 12.3. The number of hydrogen-bond donors (Lipinski definition) is 7. The number of aromatic hydroxyl groups is 6. The second-order valence-corrected chi connectivity index (χ2v) is 8.31. The van der Waals surface area contributed by atoms with E-state index in [4.69, 9.17) is 9.47 Å². The second-order valence-electron chi connectivity index (χ2n) is 6.47. The van der Waals surface area contributed by atoms with Crippen LogP contribution in [0.1, 0.15) is 20.7 Å². The van der Waals surface area contributed by atoms with Crippen LogP contribution in [0.3, 0.4) is 0 Å². The van der Waals surface area contributed by atoms with E-state index in [1.807, 2.05) is 0 Å². The highest BCUT2D eigenvalue weighted by molar-refractivity contribution is 7.88. The van der Waals surface area contributed by atoms with Crippen molar-refractivity contribution in [2.45, 2.75) is 6.10 Å². The van der Waals surface area contributed by atoms with E-state index in [2.05, 4.69) is 4.72 Å². The first kappa shape index (κ1) is 24.4. The van der Waals surface area contributed by atoms with Crippen LogP contribution in [-0.2, 0) is 19.5 Å². The van der Waals surface area contributed by atoms with Crippen LogP contribution in [0.25, 0.3) is 0 Å². The molecule has 0 saturated carbocycles. The van der Waals surface area contributed by atoms with Crippen LogP contribution in [-0.4, -0.2) is 76.5 Å². The van der Waals surface area contributed by atoms with Gasteiger partial charge < -0.3 is 40.1 Å². The fourth-order valence-corrected chi connectivity index (χ4v) is 2.78. The van der Waals surface area contributed by atoms with Crippen LogP contribution in [0.4, 0.5) is 0 Å². The van der Waals surface area contributed by atoms with Crippen LogP contribution >= 0.6 is 0 Å². The quantitative estimate of drug-likeness (QED) is 0.197. The monoisotopic (exact) mass is 473 g/mol. The van der Waals surface area contributed by atoms with Crippen LogP contribution in [0.2, 0.25) is 0 Å². The smallest absolute Gasteiger partial charge is 0.338 e. The molecule has 13 nitrogen and oxygen atoms in total. The van der Waals surface area contributed by atoms with Crippen molar-refractivity contribution in [1.82, 2.24) is 4.72 Å². The number of carbonyl (C=O) groups is 2. The first-order chi connectivity index (χ1) is 14.8. The number of sulfonamides is 1. The predicted octanol–water partition coefficient (Wildman–Crippen LogP) is -0.148. The van der Waals surface area contributed by atoms with Gasteiger partial charge in [0, 0.05) is 0 Å². The minimum Gasteiger partial charge on any atom is -0.504 e. The molecular weight excluding hydrogens is 454 g/mol. The molecule has 14 heteroatoms. The number of phenols is 6. The standard InChI is InChI=1S/C18H19NO12S/c1-32(28,29)19-6-10(31-18(27)9-4-13(22)16(25)14(23)5-9)7-30-17(26)8-2-11(20)15(24)12(21)3-8/h2-5,10,19-25H,6-7H2,1H3. The van der Waals surface area contributed by atoms with Crippen LogP contribution in [0, 0.1) is 0 Å². The van der Waals surface area contributed by atoms with Crippen molar-refractivity contribution < 1.29 is 58.1 Å². The van der Waals surface area contributed by atoms with E-state index in [-0.39, 0.29) is 5.56 Å². The first-order valence-corrected chi connectivity index (χ1v) is 10.5. The Hall–Kier alpha value is -3.91. The number of esters is 2. The normalized spacial score (nSPS) is 12.2. The molecule has 174 valence electrons. The highest BCUT2D eigenvalue weighted by Crippen LogP contribution is 2.36. The number of benzene rings is 2. The SMILES string of the molecule is CS(=O)(=O)NCC(COC(=O)c1cc(O)c(O)c(O)c1)OC(=O)c1cc(O)c(O)c(O)c1. The summed E-state index contributed by atoms with van der Waals surface area (Å²) < 4.78 is 34.7. The molecular formula is C18H19NO12S.